The molecule has 0 radical (unpaired) electrons. The van der Waals surface area contributed by atoms with E-state index in [-0.39, 0.29) is 0 Å². The zero-order valence-electron chi connectivity index (χ0n) is 15.7. The van der Waals surface area contributed by atoms with E-state index in [4.69, 9.17) is 9.47 Å². The van der Waals surface area contributed by atoms with E-state index in [1.54, 1.807) is 26.4 Å². The zero-order chi connectivity index (χ0) is 19.4. The van der Waals surface area contributed by atoms with E-state index in [1.165, 1.54) is 22.5 Å². The van der Waals surface area contributed by atoms with Gasteiger partial charge in [0.05, 0.1) is 25.5 Å². The third-order valence-corrected chi connectivity index (χ3v) is 5.13. The highest BCUT2D eigenvalue weighted by molar-refractivity contribution is 7.11. The Hall–Kier alpha value is -3.10. The van der Waals surface area contributed by atoms with Crippen molar-refractivity contribution in [3.05, 3.63) is 63.5 Å². The third-order valence-electron chi connectivity index (χ3n) is 4.25. The number of hydrogen-bond donors (Lipinski definition) is 0. The molecule has 0 saturated heterocycles. The lowest BCUT2D eigenvalue weighted by atomic mass is 10.0. The number of benzene rings is 2. The minimum Gasteiger partial charge on any atom is -0.497 e. The Labute approximate surface area is 163 Å². The Morgan fingerprint density at radius 3 is 2.59 bits per heavy atom. The Balaban J connectivity index is 1.99. The first-order valence-electron chi connectivity index (χ1n) is 8.43. The van der Waals surface area contributed by atoms with Gasteiger partial charge in [0.1, 0.15) is 22.6 Å². The van der Waals surface area contributed by atoms with Crippen molar-refractivity contribution in [2.24, 2.45) is 0 Å². The molecule has 5 heteroatoms. The van der Waals surface area contributed by atoms with Crippen molar-refractivity contribution >= 4 is 23.0 Å². The molecule has 4 nitrogen and oxygen atoms in total. The molecule has 0 bridgehead atoms. The maximum atomic E-state index is 9.66. The highest BCUT2D eigenvalue weighted by atomic mass is 32.1. The van der Waals surface area contributed by atoms with Gasteiger partial charge in [-0.3, -0.25) is 0 Å². The number of ether oxygens (including phenoxy) is 2. The Morgan fingerprint density at radius 2 is 1.93 bits per heavy atom. The number of aromatic nitrogens is 1. The number of rotatable bonds is 5. The number of hydrogen-bond acceptors (Lipinski definition) is 5. The van der Waals surface area contributed by atoms with E-state index in [0.717, 1.165) is 16.8 Å². The Kier molecular flexibility index (Phi) is 5.58. The molecular formula is C22H20N2O2S. The molecule has 0 aliphatic heterocycles. The highest BCUT2D eigenvalue weighted by Crippen LogP contribution is 2.32. The molecule has 27 heavy (non-hydrogen) atoms. The zero-order valence-corrected chi connectivity index (χ0v) is 16.6. The SMILES string of the molecule is COc1ccc(/C=C(\C#N)c2nc(-c3ccc(C)cc3C)cs2)c(OC)c1. The normalized spacial score (nSPS) is 11.1. The van der Waals surface area contributed by atoms with Crippen LogP contribution in [-0.4, -0.2) is 19.2 Å². The van der Waals surface area contributed by atoms with E-state index in [9.17, 15) is 5.26 Å². The molecule has 0 N–H and O–H groups in total. The smallest absolute Gasteiger partial charge is 0.134 e. The second kappa shape index (κ2) is 8.07. The molecule has 1 heterocycles. The van der Waals surface area contributed by atoms with E-state index in [0.29, 0.717) is 22.1 Å². The fraction of sp³-hybridized carbons (Fsp3) is 0.182. The molecule has 3 rings (SSSR count). The summed E-state index contributed by atoms with van der Waals surface area (Å²) in [5.41, 5.74) is 5.66. The predicted octanol–water partition coefficient (Wildman–Crippen LogP) is 5.51. The standard InChI is InChI=1S/C22H20N2O2S/c1-14-5-8-19(15(2)9-14)20-13-27-22(24-20)17(12-23)10-16-6-7-18(25-3)11-21(16)26-4/h5-11,13H,1-4H3/b17-10+. The molecule has 0 atom stereocenters. The molecule has 0 spiro atoms. The fourth-order valence-electron chi connectivity index (χ4n) is 2.86. The lowest BCUT2D eigenvalue weighted by Gasteiger charge is -2.07. The van der Waals surface area contributed by atoms with Gasteiger partial charge < -0.3 is 9.47 Å². The van der Waals surface area contributed by atoms with Crippen molar-refractivity contribution in [3.8, 4) is 28.8 Å². The molecule has 136 valence electrons. The van der Waals surface area contributed by atoms with Gasteiger partial charge in [0, 0.05) is 22.6 Å². The van der Waals surface area contributed by atoms with Crippen LogP contribution in [0.3, 0.4) is 0 Å². The fourth-order valence-corrected chi connectivity index (χ4v) is 3.64. The predicted molar refractivity (Wildman–Crippen MR) is 110 cm³/mol. The Bertz CT molecular complexity index is 1040. The van der Waals surface area contributed by atoms with Crippen LogP contribution >= 0.6 is 11.3 Å². The quantitative estimate of drug-likeness (QED) is 0.551. The van der Waals surface area contributed by atoms with Crippen molar-refractivity contribution < 1.29 is 9.47 Å². The summed E-state index contributed by atoms with van der Waals surface area (Å²) < 4.78 is 10.6. The maximum absolute atomic E-state index is 9.66. The number of nitrogens with zero attached hydrogens (tertiary/aromatic N) is 2. The van der Waals surface area contributed by atoms with Gasteiger partial charge in [-0.05, 0) is 37.6 Å². The summed E-state index contributed by atoms with van der Waals surface area (Å²) in [4.78, 5) is 4.69. The minimum absolute atomic E-state index is 0.500. The molecular weight excluding hydrogens is 356 g/mol. The average molecular weight is 376 g/mol. The number of allylic oxidation sites excluding steroid dienone is 1. The summed E-state index contributed by atoms with van der Waals surface area (Å²) in [6.45, 7) is 4.15. The number of thiazole rings is 1. The molecule has 0 amide bonds. The Morgan fingerprint density at radius 1 is 1.11 bits per heavy atom. The summed E-state index contributed by atoms with van der Waals surface area (Å²) in [7, 11) is 3.20. The van der Waals surface area contributed by atoms with Crippen LogP contribution in [0.1, 0.15) is 21.7 Å². The van der Waals surface area contributed by atoms with Gasteiger partial charge in [-0.15, -0.1) is 11.3 Å². The summed E-state index contributed by atoms with van der Waals surface area (Å²) >= 11 is 1.46. The topological polar surface area (TPSA) is 55.1 Å². The van der Waals surface area contributed by atoms with Crippen molar-refractivity contribution in [2.45, 2.75) is 13.8 Å². The van der Waals surface area contributed by atoms with E-state index in [2.05, 4.69) is 43.1 Å². The third kappa shape index (κ3) is 4.02. The second-order valence-electron chi connectivity index (χ2n) is 6.13. The van der Waals surface area contributed by atoms with E-state index in [1.807, 2.05) is 17.5 Å². The van der Waals surface area contributed by atoms with Gasteiger partial charge in [-0.25, -0.2) is 4.98 Å². The summed E-state index contributed by atoms with van der Waals surface area (Å²) in [5, 5.41) is 12.3. The van der Waals surface area contributed by atoms with E-state index >= 15 is 0 Å². The van der Waals surface area contributed by atoms with Gasteiger partial charge in [-0.1, -0.05) is 23.8 Å². The second-order valence-corrected chi connectivity index (χ2v) is 6.99. The van der Waals surface area contributed by atoms with Crippen molar-refractivity contribution in [2.75, 3.05) is 14.2 Å². The van der Waals surface area contributed by atoms with Crippen LogP contribution in [0.2, 0.25) is 0 Å². The van der Waals surface area contributed by atoms with Crippen LogP contribution in [0.25, 0.3) is 22.9 Å². The first-order valence-corrected chi connectivity index (χ1v) is 9.31. The van der Waals surface area contributed by atoms with Crippen LogP contribution in [-0.2, 0) is 0 Å². The monoisotopic (exact) mass is 376 g/mol. The molecule has 0 unspecified atom stereocenters. The summed E-state index contributed by atoms with van der Waals surface area (Å²) in [6, 6.07) is 14.0. The minimum atomic E-state index is 0.500. The molecule has 1 aromatic heterocycles. The van der Waals surface area contributed by atoms with Gasteiger partial charge in [0.15, 0.2) is 0 Å². The molecule has 0 aliphatic rings. The number of nitriles is 1. The number of methoxy groups -OCH3 is 2. The maximum Gasteiger partial charge on any atom is 0.134 e. The highest BCUT2D eigenvalue weighted by Gasteiger charge is 2.12. The van der Waals surface area contributed by atoms with Crippen LogP contribution in [0.4, 0.5) is 0 Å². The average Bonchev–Trinajstić information content (AvgIpc) is 3.15. The first-order chi connectivity index (χ1) is 13.0. The lowest BCUT2D eigenvalue weighted by molar-refractivity contribution is 0.394. The van der Waals surface area contributed by atoms with Gasteiger partial charge in [-0.2, -0.15) is 5.26 Å². The lowest BCUT2D eigenvalue weighted by Crippen LogP contribution is -1.91. The molecule has 2 aromatic carbocycles. The molecule has 0 aliphatic carbocycles. The number of aryl methyl sites for hydroxylation is 2. The van der Waals surface area contributed by atoms with Crippen molar-refractivity contribution in [1.29, 1.82) is 5.26 Å². The van der Waals surface area contributed by atoms with E-state index < -0.39 is 0 Å². The van der Waals surface area contributed by atoms with Crippen LogP contribution in [0.5, 0.6) is 11.5 Å². The van der Waals surface area contributed by atoms with Crippen LogP contribution in [0.15, 0.2) is 41.8 Å². The van der Waals surface area contributed by atoms with Gasteiger partial charge >= 0.3 is 0 Å². The van der Waals surface area contributed by atoms with Gasteiger partial charge in [0.25, 0.3) is 0 Å². The van der Waals surface area contributed by atoms with Crippen LogP contribution in [0, 0.1) is 25.2 Å². The summed E-state index contributed by atoms with van der Waals surface area (Å²) in [6.07, 6.45) is 1.79. The van der Waals surface area contributed by atoms with Crippen LogP contribution < -0.4 is 9.47 Å². The largest absolute Gasteiger partial charge is 0.497 e. The summed E-state index contributed by atoms with van der Waals surface area (Å²) in [5.74, 6) is 1.35. The molecule has 0 fully saturated rings. The van der Waals surface area contributed by atoms with Crippen molar-refractivity contribution in [1.82, 2.24) is 4.98 Å². The first kappa shape index (κ1) is 18.7. The van der Waals surface area contributed by atoms with Gasteiger partial charge in [0.2, 0.25) is 0 Å². The van der Waals surface area contributed by atoms with Crippen molar-refractivity contribution in [3.63, 3.8) is 0 Å². The molecule has 3 aromatic rings. The molecule has 0 saturated carbocycles.